The normalized spacial score (nSPS) is 22.0. The molecule has 5 rings (SSSR count). The minimum absolute atomic E-state index is 0.0501. The second kappa shape index (κ2) is 34.5. The Morgan fingerprint density at radius 2 is 0.957 bits per heavy atom. The van der Waals surface area contributed by atoms with Crippen LogP contribution in [0, 0.1) is 23.7 Å². The number of aliphatic imine (C=N–C) groups is 2. The van der Waals surface area contributed by atoms with Crippen LogP contribution in [0.25, 0.3) is 0 Å². The molecule has 0 bridgehead atoms. The Bertz CT molecular complexity index is 1910. The summed E-state index contributed by atoms with van der Waals surface area (Å²) in [5.74, 6) is -1.03. The van der Waals surface area contributed by atoms with Gasteiger partial charge in [-0.15, -0.1) is 0 Å². The molecule has 69 heavy (non-hydrogen) atoms. The lowest BCUT2D eigenvalue weighted by Gasteiger charge is -2.24. The molecule has 4 N–H and O–H groups in total. The van der Waals surface area contributed by atoms with Gasteiger partial charge in [-0.1, -0.05) is 55.5 Å². The van der Waals surface area contributed by atoms with E-state index in [4.69, 9.17) is 24.3 Å². The van der Waals surface area contributed by atoms with E-state index >= 15 is 0 Å². The summed E-state index contributed by atoms with van der Waals surface area (Å²) in [6.07, 6.45) is 9.81. The second-order valence-corrected chi connectivity index (χ2v) is 16.0. The molecule has 16 heteroatoms. The van der Waals surface area contributed by atoms with Crippen molar-refractivity contribution in [3.63, 3.8) is 0 Å². The molecule has 2 aliphatic heterocycles. The van der Waals surface area contributed by atoms with E-state index in [0.717, 1.165) is 55.0 Å². The summed E-state index contributed by atoms with van der Waals surface area (Å²) in [4.78, 5) is 68.0. The Hall–Kier alpha value is -5.75. The number of carbonyl (C=O) groups excluding carboxylic acids is 3. The Morgan fingerprint density at radius 3 is 1.35 bits per heavy atom. The summed E-state index contributed by atoms with van der Waals surface area (Å²) in [6, 6.07) is 25.6. The molecule has 0 amide bonds. The highest BCUT2D eigenvalue weighted by molar-refractivity contribution is 5.91. The Kier molecular flexibility index (Phi) is 29.7. The second-order valence-electron chi connectivity index (χ2n) is 16.0. The number of ether oxygens (including phenoxy) is 3. The number of hydrogen-bond donors (Lipinski definition) is 4. The molecule has 16 nitrogen and oxygen atoms in total. The molecule has 0 radical (unpaired) electrons. The molecule has 2 heterocycles. The van der Waals surface area contributed by atoms with Gasteiger partial charge < -0.3 is 24.8 Å². The summed E-state index contributed by atoms with van der Waals surface area (Å²) < 4.78 is 13.5. The lowest BCUT2D eigenvalue weighted by molar-refractivity contribution is -0.446. The quantitative estimate of drug-likeness (QED) is 0.0341. The predicted octanol–water partition coefficient (Wildman–Crippen LogP) is 3.74. The molecule has 8 unspecified atom stereocenters. The minimum atomic E-state index is -0.578. The monoisotopic (exact) mass is 959 g/mol. The van der Waals surface area contributed by atoms with Crippen LogP contribution in [-0.4, -0.2) is 130 Å². The fraction of sp³-hybridized carbons (Fsp3) is 0.491. The van der Waals surface area contributed by atoms with Crippen LogP contribution in [0.2, 0.25) is 0 Å². The highest BCUT2D eigenvalue weighted by Gasteiger charge is 2.47. The van der Waals surface area contributed by atoms with E-state index in [9.17, 15) is 14.4 Å². The maximum atomic E-state index is 12.6. The molecule has 0 saturated carbocycles. The number of hydrogen-bond acceptors (Lipinski definition) is 14. The summed E-state index contributed by atoms with van der Waals surface area (Å²) in [5.41, 5.74) is 6.95. The van der Waals surface area contributed by atoms with Gasteiger partial charge >= 0.3 is 17.9 Å². The zero-order valence-corrected chi connectivity index (χ0v) is 42.7. The first-order chi connectivity index (χ1) is 33.4. The molecule has 378 valence electrons. The maximum absolute atomic E-state index is 12.6. The number of esters is 3. The van der Waals surface area contributed by atoms with Crippen molar-refractivity contribution in [1.29, 1.82) is 0 Å². The highest BCUT2D eigenvalue weighted by atomic mass is 17.2. The molecule has 2 aliphatic rings. The molecule has 0 spiro atoms. The molecule has 2 saturated heterocycles. The van der Waals surface area contributed by atoms with Crippen molar-refractivity contribution in [3.05, 3.63) is 118 Å². The topological polar surface area (TPSA) is 193 Å². The third kappa shape index (κ3) is 21.2. The Balaban J connectivity index is 0.000000357. The molecular formula is C53H78N6O10+2. The average Bonchev–Trinajstić information content (AvgIpc) is 3.87. The number of benzene rings is 3. The number of carbonyl (C=O) groups is 3. The number of rotatable bonds is 19. The van der Waals surface area contributed by atoms with Gasteiger partial charge in [-0.25, -0.2) is 39.1 Å². The molecule has 2 fully saturated rings. The summed E-state index contributed by atoms with van der Waals surface area (Å²) in [5, 5.41) is 7.23. The Labute approximate surface area is 409 Å². The molecule has 3 aromatic rings. The van der Waals surface area contributed by atoms with Crippen LogP contribution in [0.5, 0.6) is 0 Å². The smallest absolute Gasteiger partial charge is 0.330 e. The average molecular weight is 959 g/mol. The first-order valence-electron chi connectivity index (χ1n) is 23.5. The van der Waals surface area contributed by atoms with Crippen LogP contribution in [0.1, 0.15) is 93.9 Å². The van der Waals surface area contributed by atoms with Crippen molar-refractivity contribution in [3.8, 4) is 0 Å². The van der Waals surface area contributed by atoms with Gasteiger partial charge in [-0.2, -0.15) is 0 Å². The van der Waals surface area contributed by atoms with Crippen molar-refractivity contribution >= 4 is 42.8 Å². The van der Waals surface area contributed by atoms with E-state index in [2.05, 4.69) is 147 Å². The SMILES string of the molecule is CCN=Cc1ccc(C=NCC)cc1.CC[NH+]=Cc1ccc(C=[NH+]CC)cc1.COC(=O)/C=C\C(=O)OC.COOCC1C(c2ccc(C3NC(C)C(COOC)C3C(=O)OC)cc2)NC(C)C1C. The van der Waals surface area contributed by atoms with Crippen LogP contribution in [0.4, 0.5) is 0 Å². The molecule has 0 aliphatic carbocycles. The molecule has 3 aromatic carbocycles. The van der Waals surface area contributed by atoms with Crippen molar-refractivity contribution < 1.29 is 58.1 Å². The van der Waals surface area contributed by atoms with E-state index in [-0.39, 0.29) is 35.9 Å². The summed E-state index contributed by atoms with van der Waals surface area (Å²) in [6.45, 7) is 19.2. The van der Waals surface area contributed by atoms with Gasteiger partial charge in [0.05, 0.1) is 54.7 Å². The number of methoxy groups -OCH3 is 3. The van der Waals surface area contributed by atoms with Gasteiger partial charge in [0.1, 0.15) is 13.1 Å². The van der Waals surface area contributed by atoms with E-state index in [1.165, 1.54) is 45.1 Å². The zero-order chi connectivity index (χ0) is 51.0. The van der Waals surface area contributed by atoms with E-state index in [0.29, 0.717) is 31.1 Å². The standard InChI is InChI=1S/C23H36N2O6.2C12H16N2.C6H8O4/c1-13-14(2)24-21(18(13)11-30-28-5)16-7-9-17(10-8-16)22-20(23(26)27-4)19(12-31-29-6)15(3)25-22;2*1-3-13-9-11-5-7-12(8-6-11)10-14-4-2;1-9-5(7)3-4-6(8)10-2/h7-10,13-15,18-22,24-25H,11-12H2,1-6H3;2*5-10H,3-4H2,1-2H3;3-4H,1-2H3/p+2/b;;;4-3-. The fourth-order valence-electron chi connectivity index (χ4n) is 7.56. The third-order valence-corrected chi connectivity index (χ3v) is 11.5. The minimum Gasteiger partial charge on any atom is -0.469 e. The molecule has 0 aromatic heterocycles. The van der Waals surface area contributed by atoms with Crippen molar-refractivity contribution in [1.82, 2.24) is 10.6 Å². The zero-order valence-electron chi connectivity index (χ0n) is 42.7. The van der Waals surface area contributed by atoms with E-state index < -0.39 is 11.9 Å². The largest absolute Gasteiger partial charge is 0.469 e. The van der Waals surface area contributed by atoms with Crippen LogP contribution < -0.4 is 20.6 Å². The van der Waals surface area contributed by atoms with Crippen LogP contribution >= 0.6 is 0 Å². The lowest BCUT2D eigenvalue weighted by atomic mass is 9.84. The van der Waals surface area contributed by atoms with Gasteiger partial charge in [0, 0.05) is 84.8 Å². The van der Waals surface area contributed by atoms with E-state index in [1.807, 2.05) is 38.7 Å². The van der Waals surface area contributed by atoms with Crippen LogP contribution in [0.3, 0.4) is 0 Å². The van der Waals surface area contributed by atoms with Gasteiger partial charge in [0.2, 0.25) is 0 Å². The lowest BCUT2D eigenvalue weighted by Crippen LogP contribution is -2.68. The maximum Gasteiger partial charge on any atom is 0.330 e. The van der Waals surface area contributed by atoms with Crippen molar-refractivity contribution in [2.45, 2.75) is 72.6 Å². The van der Waals surface area contributed by atoms with Gasteiger partial charge in [0.25, 0.3) is 0 Å². The van der Waals surface area contributed by atoms with Gasteiger partial charge in [0.15, 0.2) is 12.4 Å². The first kappa shape index (κ1) is 59.4. The fourth-order valence-corrected chi connectivity index (χ4v) is 7.56. The van der Waals surface area contributed by atoms with Crippen LogP contribution in [0.15, 0.2) is 94.9 Å². The number of nitrogens with zero attached hydrogens (tertiary/aromatic N) is 2. The molecular weight excluding hydrogens is 881 g/mol. The summed E-state index contributed by atoms with van der Waals surface area (Å²) in [7, 11) is 6.89. The van der Waals surface area contributed by atoms with E-state index in [1.54, 1.807) is 7.11 Å². The number of nitrogens with one attached hydrogen (secondary N) is 4. The van der Waals surface area contributed by atoms with Crippen LogP contribution in [-0.2, 0) is 48.1 Å². The highest BCUT2D eigenvalue weighted by Crippen LogP contribution is 2.41. The Morgan fingerprint density at radius 1 is 0.551 bits per heavy atom. The third-order valence-electron chi connectivity index (χ3n) is 11.5. The first-order valence-corrected chi connectivity index (χ1v) is 23.5. The van der Waals surface area contributed by atoms with Gasteiger partial charge in [-0.05, 0) is 94.0 Å². The predicted molar refractivity (Wildman–Crippen MR) is 270 cm³/mol. The van der Waals surface area contributed by atoms with Crippen molar-refractivity contribution in [2.24, 2.45) is 33.7 Å². The van der Waals surface area contributed by atoms with Crippen molar-refractivity contribution in [2.75, 3.05) is 74.9 Å². The molecule has 8 atom stereocenters. The summed E-state index contributed by atoms with van der Waals surface area (Å²) >= 11 is 0. The van der Waals surface area contributed by atoms with Gasteiger partial charge in [-0.3, -0.25) is 14.8 Å².